The van der Waals surface area contributed by atoms with Gasteiger partial charge in [-0.3, -0.25) is 9.69 Å². The van der Waals surface area contributed by atoms with Crippen LogP contribution in [0.3, 0.4) is 0 Å². The number of esters is 1. The summed E-state index contributed by atoms with van der Waals surface area (Å²) in [6.07, 6.45) is -0.321. The third-order valence-electron chi connectivity index (χ3n) is 3.10. The molecule has 2 unspecified atom stereocenters. The molecule has 0 saturated carbocycles. The highest BCUT2D eigenvalue weighted by molar-refractivity contribution is 7.13. The summed E-state index contributed by atoms with van der Waals surface area (Å²) in [4.78, 5) is 29.3. The molecule has 22 heavy (non-hydrogen) atoms. The number of hydrogen-bond donors (Lipinski definition) is 1. The molecule has 0 bridgehead atoms. The molecule has 0 spiro atoms. The zero-order valence-electron chi connectivity index (χ0n) is 13.2. The lowest BCUT2D eigenvalue weighted by Crippen LogP contribution is -2.37. The lowest BCUT2D eigenvalue weighted by Gasteiger charge is -2.27. The zero-order valence-corrected chi connectivity index (χ0v) is 14.0. The first kappa shape index (κ1) is 16.5. The van der Waals surface area contributed by atoms with E-state index in [9.17, 15) is 9.59 Å². The predicted octanol–water partition coefficient (Wildman–Crippen LogP) is 2.34. The number of anilines is 1. The SMILES string of the molecule is CC(=O)OC1CC(c2csc(N)n2)N(C(=O)OC(C)(C)C)C1. The molecule has 1 aromatic heterocycles. The van der Waals surface area contributed by atoms with Crippen molar-refractivity contribution in [1.29, 1.82) is 0 Å². The van der Waals surface area contributed by atoms with Gasteiger partial charge in [-0.15, -0.1) is 11.3 Å². The highest BCUT2D eigenvalue weighted by atomic mass is 32.1. The molecule has 2 atom stereocenters. The molecule has 1 fully saturated rings. The first-order valence-corrected chi connectivity index (χ1v) is 7.91. The Balaban J connectivity index is 2.19. The molecule has 1 amide bonds. The molecular formula is C14H21N3O4S. The Bertz CT molecular complexity index is 567. The molecule has 8 heteroatoms. The van der Waals surface area contributed by atoms with Crippen LogP contribution in [0.15, 0.2) is 5.38 Å². The summed E-state index contributed by atoms with van der Waals surface area (Å²) in [5.41, 5.74) is 5.77. The number of aromatic nitrogens is 1. The molecule has 0 radical (unpaired) electrons. The number of hydrogen-bond acceptors (Lipinski definition) is 7. The van der Waals surface area contributed by atoms with Gasteiger partial charge in [-0.1, -0.05) is 0 Å². The lowest BCUT2D eigenvalue weighted by atomic mass is 10.1. The maximum absolute atomic E-state index is 12.4. The number of nitrogens with zero attached hydrogens (tertiary/aromatic N) is 2. The first-order chi connectivity index (χ1) is 10.2. The monoisotopic (exact) mass is 327 g/mol. The topological polar surface area (TPSA) is 94.8 Å². The van der Waals surface area contributed by atoms with Gasteiger partial charge >= 0.3 is 12.1 Å². The Morgan fingerprint density at radius 1 is 1.45 bits per heavy atom. The summed E-state index contributed by atoms with van der Waals surface area (Å²) in [6.45, 7) is 7.06. The van der Waals surface area contributed by atoms with Crippen molar-refractivity contribution >= 4 is 28.5 Å². The smallest absolute Gasteiger partial charge is 0.410 e. The van der Waals surface area contributed by atoms with Crippen molar-refractivity contribution in [2.45, 2.75) is 51.9 Å². The van der Waals surface area contributed by atoms with Crippen LogP contribution < -0.4 is 5.73 Å². The molecule has 2 rings (SSSR count). The fourth-order valence-corrected chi connectivity index (χ4v) is 2.98. The number of ether oxygens (including phenoxy) is 2. The summed E-state index contributed by atoms with van der Waals surface area (Å²) in [5.74, 6) is -0.368. The largest absolute Gasteiger partial charge is 0.461 e. The van der Waals surface area contributed by atoms with Crippen LogP contribution in [-0.2, 0) is 14.3 Å². The molecule has 0 aromatic carbocycles. The van der Waals surface area contributed by atoms with Gasteiger partial charge in [0.05, 0.1) is 18.3 Å². The second kappa shape index (κ2) is 6.12. The van der Waals surface area contributed by atoms with E-state index in [-0.39, 0.29) is 24.7 Å². The number of thiazole rings is 1. The van der Waals surface area contributed by atoms with Crippen molar-refractivity contribution in [2.75, 3.05) is 12.3 Å². The number of nitrogen functional groups attached to an aromatic ring is 1. The standard InChI is InChI=1S/C14H21N3O4S/c1-8(18)20-9-5-11(10-7-22-12(15)16-10)17(6-9)13(19)21-14(2,3)4/h7,9,11H,5-6H2,1-4H3,(H2,15,16). The van der Waals surface area contributed by atoms with E-state index >= 15 is 0 Å². The Morgan fingerprint density at radius 2 is 2.14 bits per heavy atom. The number of likely N-dealkylation sites (tertiary alicyclic amines) is 1. The van der Waals surface area contributed by atoms with Crippen LogP contribution in [0, 0.1) is 0 Å². The highest BCUT2D eigenvalue weighted by Crippen LogP contribution is 2.35. The van der Waals surface area contributed by atoms with E-state index in [2.05, 4.69) is 4.98 Å². The van der Waals surface area contributed by atoms with Gasteiger partial charge in [0.25, 0.3) is 0 Å². The second-order valence-corrected chi connectivity index (χ2v) is 7.12. The van der Waals surface area contributed by atoms with Crippen LogP contribution in [0.4, 0.5) is 9.93 Å². The zero-order chi connectivity index (χ0) is 16.5. The Hall–Kier alpha value is -1.83. The summed E-state index contributed by atoms with van der Waals surface area (Å²) in [6, 6.07) is -0.298. The lowest BCUT2D eigenvalue weighted by molar-refractivity contribution is -0.145. The van der Waals surface area contributed by atoms with E-state index in [0.717, 1.165) is 0 Å². The minimum Gasteiger partial charge on any atom is -0.461 e. The van der Waals surface area contributed by atoms with Gasteiger partial charge in [0.1, 0.15) is 11.7 Å². The third kappa shape index (κ3) is 4.09. The van der Waals surface area contributed by atoms with Crippen molar-refractivity contribution in [2.24, 2.45) is 0 Å². The van der Waals surface area contributed by atoms with E-state index in [1.807, 2.05) is 5.38 Å². The van der Waals surface area contributed by atoms with Crippen LogP contribution in [0.2, 0.25) is 0 Å². The third-order valence-corrected chi connectivity index (χ3v) is 3.80. The number of carbonyl (C=O) groups excluding carboxylic acids is 2. The average molecular weight is 327 g/mol. The highest BCUT2D eigenvalue weighted by Gasteiger charge is 2.40. The van der Waals surface area contributed by atoms with E-state index < -0.39 is 11.7 Å². The number of nitrogens with two attached hydrogens (primary N) is 1. The maximum atomic E-state index is 12.4. The van der Waals surface area contributed by atoms with E-state index in [0.29, 0.717) is 17.2 Å². The molecule has 2 N–H and O–H groups in total. The van der Waals surface area contributed by atoms with Crippen LogP contribution in [0.5, 0.6) is 0 Å². The van der Waals surface area contributed by atoms with Gasteiger partial charge in [0.2, 0.25) is 0 Å². The normalized spacial score (nSPS) is 21.7. The predicted molar refractivity (Wildman–Crippen MR) is 82.4 cm³/mol. The Morgan fingerprint density at radius 3 is 2.64 bits per heavy atom. The molecule has 7 nitrogen and oxygen atoms in total. The van der Waals surface area contributed by atoms with Crippen molar-refractivity contribution in [1.82, 2.24) is 9.88 Å². The van der Waals surface area contributed by atoms with Gasteiger partial charge < -0.3 is 15.2 Å². The van der Waals surface area contributed by atoms with E-state index in [1.165, 1.54) is 18.3 Å². The van der Waals surface area contributed by atoms with Crippen molar-refractivity contribution in [3.63, 3.8) is 0 Å². The van der Waals surface area contributed by atoms with Crippen molar-refractivity contribution in [3.05, 3.63) is 11.1 Å². The fourth-order valence-electron chi connectivity index (χ4n) is 2.37. The summed E-state index contributed by atoms with van der Waals surface area (Å²) in [7, 11) is 0. The number of carbonyl (C=O) groups is 2. The molecule has 1 aliphatic heterocycles. The van der Waals surface area contributed by atoms with Crippen LogP contribution in [-0.4, -0.2) is 40.2 Å². The molecule has 0 aliphatic carbocycles. The van der Waals surface area contributed by atoms with Gasteiger partial charge in [-0.05, 0) is 20.8 Å². The van der Waals surface area contributed by atoms with E-state index in [4.69, 9.17) is 15.2 Å². The molecule has 122 valence electrons. The molecular weight excluding hydrogens is 306 g/mol. The Kier molecular flexibility index (Phi) is 4.60. The molecule has 2 heterocycles. The van der Waals surface area contributed by atoms with Crippen LogP contribution in [0.25, 0.3) is 0 Å². The number of rotatable bonds is 2. The summed E-state index contributed by atoms with van der Waals surface area (Å²) >= 11 is 1.31. The van der Waals surface area contributed by atoms with Gasteiger partial charge in [0.15, 0.2) is 5.13 Å². The minimum absolute atomic E-state index is 0.288. The van der Waals surface area contributed by atoms with Gasteiger partial charge in [-0.2, -0.15) is 0 Å². The van der Waals surface area contributed by atoms with Gasteiger partial charge in [0, 0.05) is 18.7 Å². The van der Waals surface area contributed by atoms with E-state index in [1.54, 1.807) is 25.7 Å². The molecule has 1 aromatic rings. The minimum atomic E-state index is -0.595. The molecule has 1 aliphatic rings. The van der Waals surface area contributed by atoms with Crippen LogP contribution >= 0.6 is 11.3 Å². The maximum Gasteiger partial charge on any atom is 0.410 e. The quantitative estimate of drug-likeness (QED) is 0.838. The summed E-state index contributed by atoms with van der Waals surface area (Å²) < 4.78 is 10.7. The van der Waals surface area contributed by atoms with Crippen LogP contribution in [0.1, 0.15) is 45.9 Å². The molecule has 1 saturated heterocycles. The first-order valence-electron chi connectivity index (χ1n) is 7.03. The second-order valence-electron chi connectivity index (χ2n) is 6.23. The Labute approximate surface area is 133 Å². The average Bonchev–Trinajstić information content (AvgIpc) is 2.92. The fraction of sp³-hybridized carbons (Fsp3) is 0.643. The summed E-state index contributed by atoms with van der Waals surface area (Å²) in [5, 5.41) is 2.25. The number of amides is 1. The van der Waals surface area contributed by atoms with Crippen molar-refractivity contribution < 1.29 is 19.1 Å². The van der Waals surface area contributed by atoms with Gasteiger partial charge in [-0.25, -0.2) is 9.78 Å². The van der Waals surface area contributed by atoms with Crippen molar-refractivity contribution in [3.8, 4) is 0 Å².